The summed E-state index contributed by atoms with van der Waals surface area (Å²) in [6.45, 7) is 0.608. The second-order valence-electron chi connectivity index (χ2n) is 7.82. The van der Waals surface area contributed by atoms with Crippen molar-refractivity contribution < 1.29 is 22.3 Å². The molecule has 0 aliphatic heterocycles. The summed E-state index contributed by atoms with van der Waals surface area (Å²) in [5.41, 5.74) is 7.23. The number of rotatable bonds is 8. The molecule has 4 aromatic rings. The summed E-state index contributed by atoms with van der Waals surface area (Å²) in [4.78, 5) is 8.94. The van der Waals surface area contributed by atoms with Gasteiger partial charge in [0.1, 0.15) is 0 Å². The summed E-state index contributed by atoms with van der Waals surface area (Å²) in [6.07, 6.45) is -1.18. The van der Waals surface area contributed by atoms with Crippen LogP contribution in [0.25, 0.3) is 21.2 Å². The van der Waals surface area contributed by atoms with Crippen LogP contribution in [-0.2, 0) is 10.9 Å². The van der Waals surface area contributed by atoms with E-state index in [1.165, 1.54) is 42.8 Å². The van der Waals surface area contributed by atoms with Gasteiger partial charge in [0.25, 0.3) is 0 Å². The van der Waals surface area contributed by atoms with Gasteiger partial charge in [-0.15, -0.1) is 0 Å². The van der Waals surface area contributed by atoms with Gasteiger partial charge in [-0.1, -0.05) is 35.6 Å². The van der Waals surface area contributed by atoms with Gasteiger partial charge in [-0.25, -0.2) is 9.97 Å². The van der Waals surface area contributed by atoms with E-state index >= 15 is 0 Å². The Balaban J connectivity index is 1.44. The lowest BCUT2D eigenvalue weighted by Gasteiger charge is -2.24. The first-order chi connectivity index (χ1) is 16.2. The van der Waals surface area contributed by atoms with Gasteiger partial charge in [0.05, 0.1) is 17.0 Å². The molecule has 0 fully saturated rings. The fourth-order valence-electron chi connectivity index (χ4n) is 3.67. The summed E-state index contributed by atoms with van der Waals surface area (Å²) < 4.78 is 57.3. The van der Waals surface area contributed by atoms with Crippen molar-refractivity contribution in [3.05, 3.63) is 78.0 Å². The molecule has 10 heteroatoms. The molecule has 0 bridgehead atoms. The average Bonchev–Trinajstić information content (AvgIpc) is 3.29. The van der Waals surface area contributed by atoms with E-state index in [1.807, 2.05) is 18.2 Å². The van der Waals surface area contributed by atoms with Crippen molar-refractivity contribution in [2.45, 2.75) is 18.1 Å². The van der Waals surface area contributed by atoms with Crippen LogP contribution in [0.3, 0.4) is 0 Å². The van der Waals surface area contributed by atoms with E-state index in [4.69, 9.17) is 10.5 Å². The van der Waals surface area contributed by atoms with E-state index in [9.17, 15) is 17.6 Å². The van der Waals surface area contributed by atoms with E-state index < -0.39 is 23.7 Å². The van der Waals surface area contributed by atoms with Gasteiger partial charge in [0, 0.05) is 49.5 Å². The first kappa shape index (κ1) is 24.1. The van der Waals surface area contributed by atoms with Crippen molar-refractivity contribution in [2.24, 2.45) is 5.73 Å². The molecule has 0 radical (unpaired) electrons. The topological polar surface area (TPSA) is 73.1 Å². The number of hydrogen-bond donors (Lipinski definition) is 2. The van der Waals surface area contributed by atoms with Crippen LogP contribution in [0.5, 0.6) is 0 Å². The number of nitrogens with zero attached hydrogens (tertiary/aromatic N) is 2. The summed E-state index contributed by atoms with van der Waals surface area (Å²) >= 11 is 1.42. The van der Waals surface area contributed by atoms with Crippen LogP contribution in [0.4, 0.5) is 22.7 Å². The fraction of sp³-hybridized carbons (Fsp3) is 0.250. The Morgan fingerprint density at radius 1 is 1.03 bits per heavy atom. The molecule has 4 rings (SSSR count). The SMILES string of the molecule is COC[C@@H](c1ccc(C(F)(F)F)cc1)[C@@H](N)CNc1ncc(-c2ccc3cnc(F)cc3c2)s1. The molecule has 0 saturated carbocycles. The summed E-state index contributed by atoms with van der Waals surface area (Å²) in [5.74, 6) is -0.841. The minimum Gasteiger partial charge on any atom is -0.384 e. The number of nitrogens with two attached hydrogens (primary N) is 1. The number of aromatic nitrogens is 2. The zero-order valence-electron chi connectivity index (χ0n) is 18.1. The largest absolute Gasteiger partial charge is 0.416 e. The molecule has 2 aromatic carbocycles. The van der Waals surface area contributed by atoms with Gasteiger partial charge in [-0.3, -0.25) is 0 Å². The molecule has 34 heavy (non-hydrogen) atoms. The van der Waals surface area contributed by atoms with Crippen LogP contribution >= 0.6 is 11.3 Å². The standard InChI is InChI=1S/C24H22F4N4OS/c1-33-13-19(14-4-6-18(7-5-14)24(26,27)28)20(29)11-31-23-32-12-21(34-23)15-2-3-16-10-30-22(25)9-17(16)8-15/h2-10,12,19-20H,11,13,29H2,1H3,(H,31,32)/t19-,20-/m0/s1. The zero-order chi connectivity index (χ0) is 24.3. The molecule has 2 atom stereocenters. The molecule has 0 spiro atoms. The first-order valence-corrected chi connectivity index (χ1v) is 11.2. The van der Waals surface area contributed by atoms with Gasteiger partial charge >= 0.3 is 6.18 Å². The normalized spacial score (nSPS) is 13.7. The molecular weight excluding hydrogens is 468 g/mol. The third-order valence-electron chi connectivity index (χ3n) is 5.50. The lowest BCUT2D eigenvalue weighted by Crippen LogP contribution is -2.37. The van der Waals surface area contributed by atoms with Crippen LogP contribution in [0, 0.1) is 5.95 Å². The van der Waals surface area contributed by atoms with E-state index in [2.05, 4.69) is 15.3 Å². The summed E-state index contributed by atoms with van der Waals surface area (Å²) in [5, 5.41) is 5.43. The maximum absolute atomic E-state index is 13.5. The molecular formula is C24H22F4N4OS. The molecule has 0 aliphatic rings. The Hall–Kier alpha value is -3.08. The Labute approximate surface area is 197 Å². The quantitative estimate of drug-likeness (QED) is 0.245. The second-order valence-corrected chi connectivity index (χ2v) is 8.86. The average molecular weight is 491 g/mol. The first-order valence-electron chi connectivity index (χ1n) is 10.4. The van der Waals surface area contributed by atoms with Crippen molar-refractivity contribution in [3.63, 3.8) is 0 Å². The molecule has 178 valence electrons. The number of anilines is 1. The Morgan fingerprint density at radius 2 is 1.79 bits per heavy atom. The molecule has 3 N–H and O–H groups in total. The Morgan fingerprint density at radius 3 is 2.50 bits per heavy atom. The summed E-state index contributed by atoms with van der Waals surface area (Å²) in [6, 6.07) is 11.6. The number of alkyl halides is 3. The number of benzene rings is 2. The van der Waals surface area contributed by atoms with E-state index in [-0.39, 0.29) is 12.5 Å². The summed E-state index contributed by atoms with van der Waals surface area (Å²) in [7, 11) is 1.52. The number of pyridine rings is 1. The van der Waals surface area contributed by atoms with E-state index in [0.717, 1.165) is 33.3 Å². The molecule has 0 aliphatic carbocycles. The van der Waals surface area contributed by atoms with Crippen LogP contribution in [0.1, 0.15) is 17.0 Å². The van der Waals surface area contributed by atoms with E-state index in [0.29, 0.717) is 17.2 Å². The van der Waals surface area contributed by atoms with Gasteiger partial charge < -0.3 is 15.8 Å². The minimum atomic E-state index is -4.39. The fourth-order valence-corrected chi connectivity index (χ4v) is 4.49. The van der Waals surface area contributed by atoms with Crippen molar-refractivity contribution in [3.8, 4) is 10.4 Å². The Kier molecular flexibility index (Phi) is 7.11. The highest BCUT2D eigenvalue weighted by Gasteiger charge is 2.30. The third-order valence-corrected chi connectivity index (χ3v) is 6.50. The van der Waals surface area contributed by atoms with Crippen LogP contribution in [-0.4, -0.2) is 36.3 Å². The molecule has 5 nitrogen and oxygen atoms in total. The number of thiazole rings is 1. The molecule has 0 amide bonds. The molecule has 0 unspecified atom stereocenters. The highest BCUT2D eigenvalue weighted by atomic mass is 32.1. The van der Waals surface area contributed by atoms with Crippen molar-refractivity contribution in [2.75, 3.05) is 25.6 Å². The lowest BCUT2D eigenvalue weighted by molar-refractivity contribution is -0.137. The number of halogens is 4. The maximum Gasteiger partial charge on any atom is 0.416 e. The van der Waals surface area contributed by atoms with Crippen LogP contribution < -0.4 is 11.1 Å². The third kappa shape index (κ3) is 5.52. The van der Waals surface area contributed by atoms with Crippen molar-refractivity contribution in [1.29, 1.82) is 0 Å². The predicted octanol–water partition coefficient (Wildman–Crippen LogP) is 5.69. The van der Waals surface area contributed by atoms with Crippen LogP contribution in [0.2, 0.25) is 0 Å². The second kappa shape index (κ2) is 10.0. The number of ether oxygens (including phenoxy) is 1. The van der Waals surface area contributed by atoms with E-state index in [1.54, 1.807) is 6.20 Å². The minimum absolute atomic E-state index is 0.264. The highest BCUT2D eigenvalue weighted by Crippen LogP contribution is 2.32. The number of nitrogens with one attached hydrogen (secondary N) is 1. The van der Waals surface area contributed by atoms with Gasteiger partial charge in [0.15, 0.2) is 5.13 Å². The van der Waals surface area contributed by atoms with Gasteiger partial charge in [0.2, 0.25) is 5.95 Å². The van der Waals surface area contributed by atoms with Crippen molar-refractivity contribution >= 4 is 27.2 Å². The number of hydrogen-bond acceptors (Lipinski definition) is 6. The molecule has 2 heterocycles. The van der Waals surface area contributed by atoms with Gasteiger partial charge in [-0.05, 0) is 34.7 Å². The number of methoxy groups -OCH3 is 1. The van der Waals surface area contributed by atoms with Crippen LogP contribution in [0.15, 0.2) is 60.9 Å². The monoisotopic (exact) mass is 490 g/mol. The van der Waals surface area contributed by atoms with Gasteiger partial charge in [-0.2, -0.15) is 17.6 Å². The van der Waals surface area contributed by atoms with Crippen molar-refractivity contribution in [1.82, 2.24) is 9.97 Å². The Bertz CT molecular complexity index is 1260. The number of fused-ring (bicyclic) bond motifs is 1. The molecule has 2 aromatic heterocycles. The predicted molar refractivity (Wildman–Crippen MR) is 125 cm³/mol. The lowest BCUT2D eigenvalue weighted by atomic mass is 9.92. The molecule has 0 saturated heterocycles. The smallest absolute Gasteiger partial charge is 0.384 e. The zero-order valence-corrected chi connectivity index (χ0v) is 19.0. The maximum atomic E-state index is 13.5. The highest BCUT2D eigenvalue weighted by molar-refractivity contribution is 7.18.